The third kappa shape index (κ3) is 8.87. The van der Waals surface area contributed by atoms with Crippen molar-refractivity contribution in [1.29, 1.82) is 0 Å². The van der Waals surface area contributed by atoms with Gasteiger partial charge in [0.25, 0.3) is 5.91 Å². The number of aromatic hydroxyl groups is 2. The molecular formula is C37H51N3O10. The number of phenols is 2. The molecule has 2 fully saturated rings. The van der Waals surface area contributed by atoms with Gasteiger partial charge in [0.05, 0.1) is 58.5 Å². The highest BCUT2D eigenvalue weighted by Crippen LogP contribution is 2.61. The zero-order valence-corrected chi connectivity index (χ0v) is 29.0. The van der Waals surface area contributed by atoms with Gasteiger partial charge in [-0.1, -0.05) is 13.0 Å². The van der Waals surface area contributed by atoms with Crippen LogP contribution in [0.3, 0.4) is 0 Å². The molecule has 3 amide bonds. The highest BCUT2D eigenvalue weighted by molar-refractivity contribution is 6.02. The van der Waals surface area contributed by atoms with Gasteiger partial charge in [-0.2, -0.15) is 0 Å². The van der Waals surface area contributed by atoms with Crippen LogP contribution in [0.25, 0.3) is 0 Å². The van der Waals surface area contributed by atoms with Crippen molar-refractivity contribution in [3.8, 4) is 17.2 Å². The molecule has 3 aliphatic rings. The second-order valence-electron chi connectivity index (χ2n) is 13.6. The van der Waals surface area contributed by atoms with E-state index >= 15 is 0 Å². The van der Waals surface area contributed by atoms with E-state index in [4.69, 9.17) is 29.4 Å². The van der Waals surface area contributed by atoms with E-state index in [1.807, 2.05) is 12.1 Å². The molecule has 3 aliphatic carbocycles. The van der Waals surface area contributed by atoms with Crippen molar-refractivity contribution in [2.75, 3.05) is 65.2 Å². The monoisotopic (exact) mass is 697 g/mol. The van der Waals surface area contributed by atoms with Gasteiger partial charge in [-0.05, 0) is 97.1 Å². The predicted molar refractivity (Wildman–Crippen MR) is 184 cm³/mol. The maximum absolute atomic E-state index is 12.4. The SMILES string of the molecule is COc1ccc(NC(=O)COCCOCCOCCNC(=O)CCO[C@@H]2CCC3C4CCc5cc(O)ccc5C4CCC32C)c(O)c1C(N)=O. The highest BCUT2D eigenvalue weighted by Gasteiger charge is 2.55. The van der Waals surface area contributed by atoms with Gasteiger partial charge in [0.1, 0.15) is 23.7 Å². The lowest BCUT2D eigenvalue weighted by atomic mass is 9.55. The Morgan fingerprint density at radius 1 is 0.920 bits per heavy atom. The van der Waals surface area contributed by atoms with Gasteiger partial charge < -0.3 is 50.3 Å². The number of benzene rings is 2. The second kappa shape index (κ2) is 17.3. The number of carbonyl (C=O) groups excluding carboxylic acids is 3. The summed E-state index contributed by atoms with van der Waals surface area (Å²) in [6.45, 7) is 4.35. The average Bonchev–Trinajstić information content (AvgIpc) is 3.43. The van der Waals surface area contributed by atoms with Crippen LogP contribution in [0, 0.1) is 17.3 Å². The summed E-state index contributed by atoms with van der Waals surface area (Å²) in [7, 11) is 1.33. The van der Waals surface area contributed by atoms with Crippen molar-refractivity contribution >= 4 is 23.4 Å². The predicted octanol–water partition coefficient (Wildman–Crippen LogP) is 3.64. The second-order valence-corrected chi connectivity index (χ2v) is 13.6. The molecule has 13 heteroatoms. The summed E-state index contributed by atoms with van der Waals surface area (Å²) in [4.78, 5) is 36.2. The van der Waals surface area contributed by atoms with Crippen LogP contribution >= 0.6 is 0 Å². The van der Waals surface area contributed by atoms with E-state index in [2.05, 4.69) is 23.6 Å². The van der Waals surface area contributed by atoms with Crippen LogP contribution in [-0.4, -0.2) is 93.9 Å². The van der Waals surface area contributed by atoms with Crippen LogP contribution in [0.4, 0.5) is 5.69 Å². The van der Waals surface area contributed by atoms with E-state index in [0.29, 0.717) is 62.9 Å². The largest absolute Gasteiger partial charge is 0.508 e. The fourth-order valence-electron chi connectivity index (χ4n) is 8.31. The van der Waals surface area contributed by atoms with Crippen molar-refractivity contribution in [2.24, 2.45) is 23.0 Å². The molecule has 0 bridgehead atoms. The quantitative estimate of drug-likeness (QED) is 0.114. The molecule has 50 heavy (non-hydrogen) atoms. The van der Waals surface area contributed by atoms with E-state index in [1.54, 1.807) is 0 Å². The number of aryl methyl sites for hydroxylation is 1. The number of nitrogens with two attached hydrogens (primary N) is 1. The van der Waals surface area contributed by atoms with Crippen LogP contribution in [0.2, 0.25) is 0 Å². The van der Waals surface area contributed by atoms with Gasteiger partial charge in [-0.15, -0.1) is 0 Å². The molecule has 0 heterocycles. The van der Waals surface area contributed by atoms with Gasteiger partial charge in [0.15, 0.2) is 5.75 Å². The Morgan fingerprint density at radius 3 is 2.44 bits per heavy atom. The molecule has 6 N–H and O–H groups in total. The fraction of sp³-hybridized carbons (Fsp3) is 0.595. The van der Waals surface area contributed by atoms with Gasteiger partial charge in [0, 0.05) is 13.0 Å². The molecule has 4 unspecified atom stereocenters. The number of hydrogen-bond donors (Lipinski definition) is 5. The number of methoxy groups -OCH3 is 1. The highest BCUT2D eigenvalue weighted by atomic mass is 16.5. The van der Waals surface area contributed by atoms with E-state index in [0.717, 1.165) is 25.7 Å². The van der Waals surface area contributed by atoms with E-state index in [-0.39, 0.29) is 54.2 Å². The number of ether oxygens (including phenoxy) is 5. The van der Waals surface area contributed by atoms with Crippen LogP contribution in [0.1, 0.15) is 72.9 Å². The molecular weight excluding hydrogens is 646 g/mol. The van der Waals surface area contributed by atoms with Crippen LogP contribution in [-0.2, 0) is 35.0 Å². The molecule has 0 saturated heterocycles. The Morgan fingerprint density at radius 2 is 1.68 bits per heavy atom. The lowest BCUT2D eigenvalue weighted by Gasteiger charge is -2.50. The smallest absolute Gasteiger partial charge is 0.256 e. The summed E-state index contributed by atoms with van der Waals surface area (Å²) in [5, 5.41) is 25.5. The van der Waals surface area contributed by atoms with E-state index < -0.39 is 17.6 Å². The molecule has 5 atom stereocenters. The van der Waals surface area contributed by atoms with Crippen molar-refractivity contribution < 1.29 is 48.3 Å². The Balaban J connectivity index is 0.872. The number of hydrogen-bond acceptors (Lipinski definition) is 10. The lowest BCUT2D eigenvalue weighted by molar-refractivity contribution is -0.124. The summed E-state index contributed by atoms with van der Waals surface area (Å²) < 4.78 is 27.6. The summed E-state index contributed by atoms with van der Waals surface area (Å²) in [5.41, 5.74) is 7.96. The third-order valence-electron chi connectivity index (χ3n) is 10.7. The first-order chi connectivity index (χ1) is 24.1. The number of phenolic OH excluding ortho intramolecular Hbond substituents is 1. The Kier molecular flexibility index (Phi) is 13.0. The first kappa shape index (κ1) is 37.3. The zero-order valence-electron chi connectivity index (χ0n) is 29.0. The van der Waals surface area contributed by atoms with E-state index in [9.17, 15) is 24.6 Å². The summed E-state index contributed by atoms with van der Waals surface area (Å²) in [5.74, 6) is 0.349. The molecule has 0 radical (unpaired) electrons. The standard InChI is InChI=1S/C37H51N3O10/c1-37-13-11-26-25-6-4-24(41)21-23(25)3-5-27(26)28(37)7-10-31(37)50-15-12-32(42)39-14-16-47-17-18-48-19-20-49-22-33(43)40-29-8-9-30(46-2)34(35(29)44)36(38)45/h4,6,8-9,21,26-28,31,41,44H,3,5,7,10-20,22H2,1-2H3,(H2,38,45)(H,39,42)(H,40,43)/t26?,27?,28?,31-,37?/m1/s1. The normalized spacial score (nSPS) is 23.7. The maximum atomic E-state index is 12.4. The molecule has 2 aromatic rings. The number of rotatable bonds is 18. The molecule has 13 nitrogen and oxygen atoms in total. The first-order valence-corrected chi connectivity index (χ1v) is 17.5. The number of anilines is 1. The van der Waals surface area contributed by atoms with Gasteiger partial charge in [0.2, 0.25) is 11.8 Å². The zero-order chi connectivity index (χ0) is 35.7. The Labute approximate surface area is 293 Å². The van der Waals surface area contributed by atoms with Crippen molar-refractivity contribution in [3.63, 3.8) is 0 Å². The molecule has 2 saturated carbocycles. The minimum Gasteiger partial charge on any atom is -0.508 e. The van der Waals surface area contributed by atoms with Crippen molar-refractivity contribution in [2.45, 2.75) is 63.9 Å². The van der Waals surface area contributed by atoms with Crippen LogP contribution in [0.5, 0.6) is 17.2 Å². The molecule has 274 valence electrons. The molecule has 0 spiro atoms. The number of nitrogens with one attached hydrogen (secondary N) is 2. The number of carbonyl (C=O) groups is 3. The van der Waals surface area contributed by atoms with Gasteiger partial charge in [-0.3, -0.25) is 14.4 Å². The molecule has 5 rings (SSSR count). The van der Waals surface area contributed by atoms with Crippen molar-refractivity contribution in [3.05, 3.63) is 47.0 Å². The first-order valence-electron chi connectivity index (χ1n) is 17.5. The third-order valence-corrected chi connectivity index (χ3v) is 10.7. The molecule has 0 aliphatic heterocycles. The average molecular weight is 698 g/mol. The van der Waals surface area contributed by atoms with E-state index in [1.165, 1.54) is 43.2 Å². The maximum Gasteiger partial charge on any atom is 0.256 e. The topological polar surface area (TPSA) is 188 Å². The number of amides is 3. The number of fused-ring (bicyclic) bond motifs is 5. The van der Waals surface area contributed by atoms with Crippen LogP contribution in [0.15, 0.2) is 30.3 Å². The van der Waals surface area contributed by atoms with Crippen LogP contribution < -0.4 is 21.1 Å². The van der Waals surface area contributed by atoms with Gasteiger partial charge >= 0.3 is 0 Å². The number of primary amides is 1. The van der Waals surface area contributed by atoms with Gasteiger partial charge in [-0.25, -0.2) is 0 Å². The minimum absolute atomic E-state index is 0.00992. The minimum atomic E-state index is -0.890. The lowest BCUT2D eigenvalue weighted by Crippen LogP contribution is -2.45. The summed E-state index contributed by atoms with van der Waals surface area (Å²) in [6, 6.07) is 8.73. The molecule has 0 aromatic heterocycles. The summed E-state index contributed by atoms with van der Waals surface area (Å²) >= 11 is 0. The Hall–Kier alpha value is -3.91. The molecule has 2 aromatic carbocycles. The summed E-state index contributed by atoms with van der Waals surface area (Å²) in [6.07, 6.45) is 7.18. The van der Waals surface area contributed by atoms with Crippen molar-refractivity contribution in [1.82, 2.24) is 5.32 Å². The Bertz CT molecular complexity index is 1500. The fourth-order valence-corrected chi connectivity index (χ4v) is 8.31.